The summed E-state index contributed by atoms with van der Waals surface area (Å²) in [7, 11) is 0.111. The van der Waals surface area contributed by atoms with Crippen LogP contribution in [0.1, 0.15) is 88.8 Å². The summed E-state index contributed by atoms with van der Waals surface area (Å²) in [6.45, 7) is 9.31. The van der Waals surface area contributed by atoms with Crippen molar-refractivity contribution < 1.29 is 0 Å². The molecule has 0 aliphatic carbocycles. The minimum absolute atomic E-state index is 0.111. The highest BCUT2D eigenvalue weighted by Crippen LogP contribution is 2.41. The standard InChI is InChI=1S/C20H37PS/c1-5-9-13-18-17-19(20(22-18)14-10-6-2)21(15-11-7-3)16-12-8-4/h17H,5-16H2,1-4H3. The topological polar surface area (TPSA) is 0 Å². The molecule has 1 aromatic heterocycles. The maximum Gasteiger partial charge on any atom is 0.0125 e. The fourth-order valence-corrected chi connectivity index (χ4v) is 7.45. The van der Waals surface area contributed by atoms with Crippen molar-refractivity contribution >= 4 is 24.6 Å². The fraction of sp³-hybridized carbons (Fsp3) is 0.800. The van der Waals surface area contributed by atoms with Crippen molar-refractivity contribution in [1.29, 1.82) is 0 Å². The second kappa shape index (κ2) is 12.5. The lowest BCUT2D eigenvalue weighted by molar-refractivity contribution is 0.803. The van der Waals surface area contributed by atoms with Crippen LogP contribution in [0.2, 0.25) is 0 Å². The molecule has 0 nitrogen and oxygen atoms in total. The third kappa shape index (κ3) is 7.14. The van der Waals surface area contributed by atoms with E-state index in [1.54, 1.807) is 15.1 Å². The molecule has 1 aromatic rings. The molecule has 128 valence electrons. The lowest BCUT2D eigenvalue weighted by Crippen LogP contribution is -2.09. The van der Waals surface area contributed by atoms with Crippen molar-refractivity contribution in [3.05, 3.63) is 15.8 Å². The quantitative estimate of drug-likeness (QED) is 0.335. The second-order valence-corrected chi connectivity index (χ2v) is 10.1. The molecule has 1 rings (SSSR count). The number of hydrogen-bond acceptors (Lipinski definition) is 1. The van der Waals surface area contributed by atoms with Crippen molar-refractivity contribution in [3.8, 4) is 0 Å². The lowest BCUT2D eigenvalue weighted by atomic mass is 10.2. The number of aryl methyl sites for hydroxylation is 2. The van der Waals surface area contributed by atoms with Gasteiger partial charge in [-0.2, -0.15) is 0 Å². The normalized spacial score (nSPS) is 11.5. The molecule has 0 saturated carbocycles. The van der Waals surface area contributed by atoms with Gasteiger partial charge in [0.15, 0.2) is 0 Å². The summed E-state index contributed by atoms with van der Waals surface area (Å²) in [5, 5.41) is 1.81. The van der Waals surface area contributed by atoms with Gasteiger partial charge in [0.25, 0.3) is 0 Å². The van der Waals surface area contributed by atoms with E-state index in [0.29, 0.717) is 0 Å². The Balaban J connectivity index is 2.88. The minimum Gasteiger partial charge on any atom is -0.145 e. The molecule has 0 aliphatic heterocycles. The molecule has 0 atom stereocenters. The Morgan fingerprint density at radius 3 is 1.86 bits per heavy atom. The van der Waals surface area contributed by atoms with Crippen molar-refractivity contribution in [2.24, 2.45) is 0 Å². The number of hydrogen-bond donors (Lipinski definition) is 0. The van der Waals surface area contributed by atoms with Gasteiger partial charge in [0.2, 0.25) is 0 Å². The Bertz CT molecular complexity index is 375. The molecule has 0 radical (unpaired) electrons. The zero-order chi connectivity index (χ0) is 16.2. The van der Waals surface area contributed by atoms with E-state index in [2.05, 4.69) is 45.1 Å². The van der Waals surface area contributed by atoms with E-state index in [1.165, 1.54) is 76.5 Å². The summed E-state index contributed by atoms with van der Waals surface area (Å²) in [5.41, 5.74) is 0. The van der Waals surface area contributed by atoms with Crippen LogP contribution in [0, 0.1) is 0 Å². The minimum atomic E-state index is 0.111. The monoisotopic (exact) mass is 340 g/mol. The average Bonchev–Trinajstić information content (AvgIpc) is 2.94. The number of rotatable bonds is 13. The van der Waals surface area contributed by atoms with Gasteiger partial charge in [0.05, 0.1) is 0 Å². The second-order valence-electron chi connectivity index (χ2n) is 6.42. The van der Waals surface area contributed by atoms with E-state index in [9.17, 15) is 0 Å². The van der Waals surface area contributed by atoms with Gasteiger partial charge in [-0.3, -0.25) is 0 Å². The van der Waals surface area contributed by atoms with Crippen molar-refractivity contribution in [2.75, 3.05) is 12.3 Å². The maximum absolute atomic E-state index is 2.63. The van der Waals surface area contributed by atoms with Crippen LogP contribution in [0.4, 0.5) is 0 Å². The largest absolute Gasteiger partial charge is 0.145 e. The van der Waals surface area contributed by atoms with E-state index in [1.807, 2.05) is 0 Å². The lowest BCUT2D eigenvalue weighted by Gasteiger charge is -2.18. The Kier molecular flexibility index (Phi) is 11.5. The number of unbranched alkanes of at least 4 members (excludes halogenated alkanes) is 4. The van der Waals surface area contributed by atoms with Crippen LogP contribution in [-0.4, -0.2) is 12.3 Å². The molecule has 0 saturated heterocycles. The molecule has 0 N–H and O–H groups in total. The first kappa shape index (κ1) is 20.2. The number of thiophene rings is 1. The van der Waals surface area contributed by atoms with Gasteiger partial charge in [-0.1, -0.05) is 61.3 Å². The van der Waals surface area contributed by atoms with E-state index in [4.69, 9.17) is 0 Å². The summed E-state index contributed by atoms with van der Waals surface area (Å²) < 4.78 is 0. The zero-order valence-electron chi connectivity index (χ0n) is 15.4. The van der Waals surface area contributed by atoms with E-state index in [0.717, 1.165) is 0 Å². The summed E-state index contributed by atoms with van der Waals surface area (Å²) in [6, 6.07) is 2.63. The van der Waals surface area contributed by atoms with Crippen LogP contribution in [0.25, 0.3) is 0 Å². The van der Waals surface area contributed by atoms with E-state index < -0.39 is 0 Å². The van der Waals surface area contributed by atoms with Gasteiger partial charge in [-0.05, 0) is 62.2 Å². The Hall–Kier alpha value is 0.130. The van der Waals surface area contributed by atoms with Crippen molar-refractivity contribution in [3.63, 3.8) is 0 Å². The smallest absolute Gasteiger partial charge is 0.0125 e. The highest BCUT2D eigenvalue weighted by atomic mass is 32.1. The summed E-state index contributed by atoms with van der Waals surface area (Å²) >= 11 is 2.15. The SMILES string of the molecule is CCCCc1cc(P(CCCC)CCCC)c(CCCC)s1. The van der Waals surface area contributed by atoms with Crippen LogP contribution >= 0.6 is 19.3 Å². The molecule has 0 bridgehead atoms. The summed E-state index contributed by atoms with van der Waals surface area (Å²) in [4.78, 5) is 3.43. The molecule has 0 fully saturated rings. The van der Waals surface area contributed by atoms with Crippen LogP contribution < -0.4 is 5.30 Å². The van der Waals surface area contributed by atoms with Crippen molar-refractivity contribution in [1.82, 2.24) is 0 Å². The molecule has 0 spiro atoms. The molecule has 2 heteroatoms. The maximum atomic E-state index is 2.63. The van der Waals surface area contributed by atoms with Gasteiger partial charge < -0.3 is 0 Å². The summed E-state index contributed by atoms with van der Waals surface area (Å²) in [5.74, 6) is 0. The van der Waals surface area contributed by atoms with Gasteiger partial charge in [-0.15, -0.1) is 11.3 Å². The first-order valence-corrected chi connectivity index (χ1v) is 12.2. The molecule has 0 aromatic carbocycles. The molecular formula is C20H37PS. The molecule has 0 aliphatic rings. The Morgan fingerprint density at radius 1 is 0.773 bits per heavy atom. The van der Waals surface area contributed by atoms with E-state index >= 15 is 0 Å². The van der Waals surface area contributed by atoms with Crippen LogP contribution in [-0.2, 0) is 12.8 Å². The van der Waals surface area contributed by atoms with Gasteiger partial charge in [-0.25, -0.2) is 0 Å². The Labute approximate surface area is 144 Å². The molecule has 22 heavy (non-hydrogen) atoms. The first-order valence-electron chi connectivity index (χ1n) is 9.63. The molecular weight excluding hydrogens is 303 g/mol. The van der Waals surface area contributed by atoms with Crippen LogP contribution in [0.3, 0.4) is 0 Å². The predicted octanol–water partition coefficient (Wildman–Crippen LogP) is 7.14. The van der Waals surface area contributed by atoms with Gasteiger partial charge in [0, 0.05) is 9.75 Å². The predicted molar refractivity (Wildman–Crippen MR) is 108 cm³/mol. The molecule has 0 amide bonds. The van der Waals surface area contributed by atoms with Gasteiger partial charge in [0.1, 0.15) is 0 Å². The average molecular weight is 341 g/mol. The third-order valence-corrected chi connectivity index (χ3v) is 8.47. The molecule has 1 heterocycles. The summed E-state index contributed by atoms with van der Waals surface area (Å²) in [6.07, 6.45) is 16.5. The van der Waals surface area contributed by atoms with Gasteiger partial charge >= 0.3 is 0 Å². The van der Waals surface area contributed by atoms with E-state index in [-0.39, 0.29) is 7.92 Å². The highest BCUT2D eigenvalue weighted by Gasteiger charge is 2.17. The Morgan fingerprint density at radius 2 is 1.32 bits per heavy atom. The molecule has 0 unspecified atom stereocenters. The fourth-order valence-electron chi connectivity index (χ4n) is 2.78. The van der Waals surface area contributed by atoms with Crippen LogP contribution in [0.15, 0.2) is 6.07 Å². The highest BCUT2D eigenvalue weighted by molar-refractivity contribution is 7.66. The third-order valence-electron chi connectivity index (χ3n) is 4.28. The van der Waals surface area contributed by atoms with Crippen molar-refractivity contribution in [2.45, 2.75) is 91.9 Å². The first-order chi connectivity index (χ1) is 10.8. The van der Waals surface area contributed by atoms with Crippen LogP contribution in [0.5, 0.6) is 0 Å². The zero-order valence-corrected chi connectivity index (χ0v) is 17.1.